The SMILES string of the molecule is CC(C=CC=C(C)C(=O)OC1OC(COC2OC(CO)C(O)C(O)C2O)C(O)C(O)C1O)=CC=CC=C(C)C=CC=C(C)C(=O)OC1OC(COC2OC(COC3OC(CO)C(O)C(O)C3O)C(O)C(O)C2O)C(O)C(O)C1O. The Bertz CT molecular complexity index is 2180. The standard InChI is InChI=1S/C50H74O29/c1-20(11-7-13-22(3)44(68)78-49-42(66)37(61)32(56)27(76-49)18-71-47-40(64)35(59)30(54)25(16-52)74-47)9-5-6-10-21(2)12-8-14-23(4)45(69)79-50-43(67)38(62)33(57)28(77-50)19-72-48-41(65)36(60)31(55)26(75-48)17-70-46-39(63)34(58)29(53)24(15-51)73-46/h5-14,24-43,46-67H,15-19H2,1-4H3. The van der Waals surface area contributed by atoms with Crippen LogP contribution in [0.2, 0.25) is 0 Å². The molecule has 79 heavy (non-hydrogen) atoms. The van der Waals surface area contributed by atoms with E-state index < -0.39 is 199 Å². The van der Waals surface area contributed by atoms with Crippen LogP contribution in [-0.4, -0.2) is 285 Å². The van der Waals surface area contributed by atoms with Crippen LogP contribution in [-0.2, 0) is 57.0 Å². The lowest BCUT2D eigenvalue weighted by Crippen LogP contribution is -2.62. The summed E-state index contributed by atoms with van der Waals surface area (Å²) < 4.78 is 53.9. The number of carbonyl (C=O) groups is 2. The van der Waals surface area contributed by atoms with E-state index in [-0.39, 0.29) is 11.1 Å². The van der Waals surface area contributed by atoms with E-state index in [2.05, 4.69) is 0 Å². The third kappa shape index (κ3) is 17.1. The van der Waals surface area contributed by atoms with Crippen molar-refractivity contribution in [1.29, 1.82) is 0 Å². The van der Waals surface area contributed by atoms with Crippen LogP contribution in [0.5, 0.6) is 0 Å². The number of esters is 2. The largest absolute Gasteiger partial charge is 0.429 e. The summed E-state index contributed by atoms with van der Waals surface area (Å²) in [5.74, 6) is -1.93. The summed E-state index contributed by atoms with van der Waals surface area (Å²) in [6, 6.07) is 0. The second-order valence-electron chi connectivity index (χ2n) is 19.4. The molecule has 5 heterocycles. The maximum absolute atomic E-state index is 13.0. The Morgan fingerprint density at radius 1 is 0.342 bits per heavy atom. The Hall–Kier alpha value is -3.88. The van der Waals surface area contributed by atoms with Crippen LogP contribution in [0.4, 0.5) is 0 Å². The van der Waals surface area contributed by atoms with E-state index in [1.807, 2.05) is 0 Å². The summed E-state index contributed by atoms with van der Waals surface area (Å²) in [5, 5.41) is 174. The Balaban J connectivity index is 1.06. The highest BCUT2D eigenvalue weighted by Crippen LogP contribution is 2.30. The number of hydrogen-bond acceptors (Lipinski definition) is 29. The Labute approximate surface area is 452 Å². The molecule has 25 atom stereocenters. The molecule has 448 valence electrons. The van der Waals surface area contributed by atoms with Crippen molar-refractivity contribution < 1.29 is 144 Å². The smallest absolute Gasteiger partial charge is 0.336 e. The van der Waals surface area contributed by atoms with Crippen molar-refractivity contribution in [3.8, 4) is 0 Å². The number of carbonyl (C=O) groups excluding carboxylic acids is 2. The third-order valence-electron chi connectivity index (χ3n) is 13.3. The number of aliphatic hydroxyl groups is 17. The molecule has 25 unspecified atom stereocenters. The highest BCUT2D eigenvalue weighted by Gasteiger charge is 2.51. The zero-order chi connectivity index (χ0) is 58.6. The van der Waals surface area contributed by atoms with Gasteiger partial charge in [-0.2, -0.15) is 0 Å². The van der Waals surface area contributed by atoms with Crippen molar-refractivity contribution in [1.82, 2.24) is 0 Å². The summed E-state index contributed by atoms with van der Waals surface area (Å²) >= 11 is 0. The molecule has 0 spiro atoms. The number of ether oxygens (including phenoxy) is 10. The van der Waals surface area contributed by atoms with Gasteiger partial charge >= 0.3 is 11.9 Å². The minimum atomic E-state index is -1.93. The van der Waals surface area contributed by atoms with Crippen molar-refractivity contribution in [2.45, 2.75) is 181 Å². The van der Waals surface area contributed by atoms with Crippen molar-refractivity contribution in [3.63, 3.8) is 0 Å². The highest BCUT2D eigenvalue weighted by molar-refractivity contribution is 5.88. The van der Waals surface area contributed by atoms with Gasteiger partial charge in [-0.3, -0.25) is 0 Å². The first kappa shape index (κ1) is 65.9. The Kier molecular flexibility index (Phi) is 25.4. The second kappa shape index (κ2) is 30.4. The zero-order valence-electron chi connectivity index (χ0n) is 43.2. The van der Waals surface area contributed by atoms with Crippen molar-refractivity contribution in [3.05, 3.63) is 83.1 Å². The number of allylic oxidation sites excluding steroid dienone is 12. The van der Waals surface area contributed by atoms with E-state index in [0.717, 1.165) is 11.1 Å². The van der Waals surface area contributed by atoms with Crippen LogP contribution < -0.4 is 0 Å². The molecule has 0 aromatic carbocycles. The Morgan fingerprint density at radius 3 is 0.886 bits per heavy atom. The molecule has 0 aliphatic carbocycles. The molecule has 29 nitrogen and oxygen atoms in total. The maximum Gasteiger partial charge on any atom is 0.336 e. The molecular weight excluding hydrogens is 1060 g/mol. The average Bonchev–Trinajstić information content (AvgIpc) is 3.47. The first-order chi connectivity index (χ1) is 37.3. The third-order valence-corrected chi connectivity index (χ3v) is 13.3. The minimum Gasteiger partial charge on any atom is -0.429 e. The summed E-state index contributed by atoms with van der Waals surface area (Å²) in [7, 11) is 0. The van der Waals surface area contributed by atoms with Gasteiger partial charge in [-0.25, -0.2) is 9.59 Å². The summed E-state index contributed by atoms with van der Waals surface area (Å²) in [6.45, 7) is 2.91. The highest BCUT2D eigenvalue weighted by atomic mass is 16.8. The van der Waals surface area contributed by atoms with Gasteiger partial charge in [0.25, 0.3) is 0 Å². The van der Waals surface area contributed by atoms with Crippen molar-refractivity contribution in [2.24, 2.45) is 0 Å². The molecule has 0 aromatic heterocycles. The van der Waals surface area contributed by atoms with Crippen LogP contribution in [0.3, 0.4) is 0 Å². The molecule has 0 saturated carbocycles. The van der Waals surface area contributed by atoms with Crippen LogP contribution in [0.1, 0.15) is 27.7 Å². The van der Waals surface area contributed by atoms with Gasteiger partial charge in [0.15, 0.2) is 18.9 Å². The Morgan fingerprint density at radius 2 is 0.595 bits per heavy atom. The lowest BCUT2D eigenvalue weighted by molar-refractivity contribution is -0.340. The number of hydrogen-bond donors (Lipinski definition) is 17. The van der Waals surface area contributed by atoms with E-state index in [9.17, 15) is 96.4 Å². The van der Waals surface area contributed by atoms with Gasteiger partial charge in [0.05, 0.1) is 33.0 Å². The lowest BCUT2D eigenvalue weighted by atomic mass is 9.98. The molecule has 0 amide bonds. The molecule has 0 radical (unpaired) electrons. The maximum atomic E-state index is 13.0. The van der Waals surface area contributed by atoms with Gasteiger partial charge in [0.1, 0.15) is 122 Å². The van der Waals surface area contributed by atoms with Crippen LogP contribution >= 0.6 is 0 Å². The van der Waals surface area contributed by atoms with E-state index in [4.69, 9.17) is 47.4 Å². The predicted octanol–water partition coefficient (Wildman–Crippen LogP) is -7.40. The average molecular weight is 1140 g/mol. The second-order valence-corrected chi connectivity index (χ2v) is 19.4. The molecule has 17 N–H and O–H groups in total. The lowest BCUT2D eigenvalue weighted by Gasteiger charge is -2.43. The van der Waals surface area contributed by atoms with Crippen LogP contribution in [0.25, 0.3) is 0 Å². The molecule has 5 rings (SSSR count). The quantitative estimate of drug-likeness (QED) is 0.0288. The minimum absolute atomic E-state index is 0.0280. The number of rotatable bonds is 21. The molecule has 5 aliphatic rings. The van der Waals surface area contributed by atoms with E-state index in [1.54, 1.807) is 56.4 Å². The van der Waals surface area contributed by atoms with Crippen LogP contribution in [0, 0.1) is 0 Å². The van der Waals surface area contributed by atoms with Gasteiger partial charge < -0.3 is 134 Å². The summed E-state index contributed by atoms with van der Waals surface area (Å²) in [6.07, 6.45) is -26.7. The normalized spacial score (nSPS) is 42.3. The number of aliphatic hydroxyl groups excluding tert-OH is 17. The van der Waals surface area contributed by atoms with Gasteiger partial charge in [-0.1, -0.05) is 71.9 Å². The monoisotopic (exact) mass is 1140 g/mol. The van der Waals surface area contributed by atoms with E-state index in [0.29, 0.717) is 0 Å². The molecule has 5 saturated heterocycles. The van der Waals surface area contributed by atoms with Crippen molar-refractivity contribution >= 4 is 11.9 Å². The fourth-order valence-electron chi connectivity index (χ4n) is 8.22. The van der Waals surface area contributed by atoms with Gasteiger partial charge in [-0.15, -0.1) is 0 Å². The molecule has 29 heteroatoms. The topological polar surface area (TPSA) is 470 Å². The van der Waals surface area contributed by atoms with Crippen molar-refractivity contribution in [2.75, 3.05) is 33.0 Å². The van der Waals surface area contributed by atoms with Gasteiger partial charge in [-0.05, 0) is 27.7 Å². The first-order valence-corrected chi connectivity index (χ1v) is 25.0. The van der Waals surface area contributed by atoms with E-state index >= 15 is 0 Å². The first-order valence-electron chi connectivity index (χ1n) is 25.0. The van der Waals surface area contributed by atoms with E-state index in [1.165, 1.54) is 32.1 Å². The molecule has 0 aromatic rings. The molecule has 0 bridgehead atoms. The van der Waals surface area contributed by atoms with Gasteiger partial charge in [0, 0.05) is 11.1 Å². The fourth-order valence-corrected chi connectivity index (χ4v) is 8.22. The summed E-state index contributed by atoms with van der Waals surface area (Å²) in [4.78, 5) is 25.9. The fraction of sp³-hybridized carbons (Fsp3) is 0.680. The summed E-state index contributed by atoms with van der Waals surface area (Å²) in [5.41, 5.74) is 1.57. The molecule has 5 fully saturated rings. The molecule has 5 aliphatic heterocycles. The zero-order valence-corrected chi connectivity index (χ0v) is 43.2. The predicted molar refractivity (Wildman–Crippen MR) is 260 cm³/mol. The van der Waals surface area contributed by atoms with Crippen LogP contribution in [0.15, 0.2) is 83.1 Å². The van der Waals surface area contributed by atoms with Gasteiger partial charge in [0.2, 0.25) is 12.6 Å². The molecular formula is C50H74O29.